The lowest BCUT2D eigenvalue weighted by Gasteiger charge is -2.34. The molecular formula is C13H25F2N. The van der Waals surface area contributed by atoms with E-state index in [1.807, 2.05) is 4.90 Å². The van der Waals surface area contributed by atoms with Crippen LogP contribution in [0.5, 0.6) is 0 Å². The first kappa shape index (κ1) is 13.9. The number of unbranched alkanes of at least 4 members (excludes halogenated alkanes) is 1. The van der Waals surface area contributed by atoms with Gasteiger partial charge in [0.25, 0.3) is 6.43 Å². The Morgan fingerprint density at radius 3 is 2.38 bits per heavy atom. The number of hydrogen-bond acceptors (Lipinski definition) is 1. The first-order chi connectivity index (χ1) is 7.63. The third kappa shape index (κ3) is 4.77. The van der Waals surface area contributed by atoms with E-state index < -0.39 is 6.43 Å². The van der Waals surface area contributed by atoms with Crippen molar-refractivity contribution in [3.8, 4) is 0 Å². The van der Waals surface area contributed by atoms with Crippen molar-refractivity contribution in [2.75, 3.05) is 19.6 Å². The summed E-state index contributed by atoms with van der Waals surface area (Å²) in [6.07, 6.45) is 3.91. The molecule has 96 valence electrons. The van der Waals surface area contributed by atoms with Gasteiger partial charge >= 0.3 is 0 Å². The molecule has 0 radical (unpaired) electrons. The number of likely N-dealkylation sites (tertiary alicyclic amines) is 1. The normalized spacial score (nSPS) is 21.6. The van der Waals surface area contributed by atoms with Crippen LogP contribution < -0.4 is 0 Å². The summed E-state index contributed by atoms with van der Waals surface area (Å²) in [6.45, 7) is 6.24. The van der Waals surface area contributed by atoms with Crippen LogP contribution in [0.4, 0.5) is 8.78 Å². The molecular weight excluding hydrogens is 208 g/mol. The molecule has 0 aromatic heterocycles. The van der Waals surface area contributed by atoms with E-state index in [-0.39, 0.29) is 6.54 Å². The number of halogens is 2. The molecule has 0 saturated carbocycles. The maximum atomic E-state index is 12.2. The van der Waals surface area contributed by atoms with E-state index in [1.54, 1.807) is 0 Å². The van der Waals surface area contributed by atoms with Crippen molar-refractivity contribution in [3.63, 3.8) is 0 Å². The standard InChI is InChI=1S/C13H25F2N/c1-3-4-5-11(2)12-6-8-16(9-7-12)10-13(14)15/h11-13H,3-10H2,1-2H3. The summed E-state index contributed by atoms with van der Waals surface area (Å²) in [5.41, 5.74) is 0. The van der Waals surface area contributed by atoms with Crippen LogP contribution in [-0.4, -0.2) is 31.0 Å². The van der Waals surface area contributed by atoms with E-state index >= 15 is 0 Å². The van der Waals surface area contributed by atoms with Crippen molar-refractivity contribution < 1.29 is 8.78 Å². The summed E-state index contributed by atoms with van der Waals surface area (Å²) >= 11 is 0. The van der Waals surface area contributed by atoms with E-state index in [0.29, 0.717) is 0 Å². The second-order valence-electron chi connectivity index (χ2n) is 5.15. The van der Waals surface area contributed by atoms with Crippen LogP contribution in [0.1, 0.15) is 46.0 Å². The summed E-state index contributed by atoms with van der Waals surface area (Å²) in [4.78, 5) is 1.91. The predicted molar refractivity (Wildman–Crippen MR) is 63.9 cm³/mol. The lowest BCUT2D eigenvalue weighted by molar-refractivity contribution is 0.0612. The molecule has 0 N–H and O–H groups in total. The maximum Gasteiger partial charge on any atom is 0.251 e. The van der Waals surface area contributed by atoms with Crippen LogP contribution in [0.3, 0.4) is 0 Å². The van der Waals surface area contributed by atoms with Gasteiger partial charge in [-0.2, -0.15) is 0 Å². The van der Waals surface area contributed by atoms with Crippen LogP contribution in [-0.2, 0) is 0 Å². The number of rotatable bonds is 6. The third-order valence-electron chi connectivity index (χ3n) is 3.85. The van der Waals surface area contributed by atoms with Gasteiger partial charge < -0.3 is 0 Å². The molecule has 1 unspecified atom stereocenters. The minimum absolute atomic E-state index is 0.0317. The summed E-state index contributed by atoms with van der Waals surface area (Å²) in [5.74, 6) is 1.54. The van der Waals surface area contributed by atoms with Crippen LogP contribution in [0.25, 0.3) is 0 Å². The number of piperidine rings is 1. The van der Waals surface area contributed by atoms with Crippen LogP contribution >= 0.6 is 0 Å². The Morgan fingerprint density at radius 1 is 1.25 bits per heavy atom. The second-order valence-corrected chi connectivity index (χ2v) is 5.15. The van der Waals surface area contributed by atoms with E-state index in [2.05, 4.69) is 13.8 Å². The molecule has 0 amide bonds. The maximum absolute atomic E-state index is 12.2. The fourth-order valence-electron chi connectivity index (χ4n) is 2.66. The molecule has 1 aliphatic rings. The SMILES string of the molecule is CCCCC(C)C1CCN(CC(F)F)CC1. The average Bonchev–Trinajstić information content (AvgIpc) is 2.26. The third-order valence-corrected chi connectivity index (χ3v) is 3.85. The topological polar surface area (TPSA) is 3.24 Å². The number of hydrogen-bond donors (Lipinski definition) is 0. The smallest absolute Gasteiger partial charge is 0.251 e. The molecule has 0 aromatic carbocycles. The van der Waals surface area contributed by atoms with Crippen molar-refractivity contribution in [1.29, 1.82) is 0 Å². The molecule has 1 fully saturated rings. The van der Waals surface area contributed by atoms with Gasteiger partial charge in [0.2, 0.25) is 0 Å². The van der Waals surface area contributed by atoms with Gasteiger partial charge in [0, 0.05) is 0 Å². The lowest BCUT2D eigenvalue weighted by Crippen LogP contribution is -2.38. The minimum Gasteiger partial charge on any atom is -0.298 e. The van der Waals surface area contributed by atoms with Crippen LogP contribution in [0, 0.1) is 11.8 Å². The largest absolute Gasteiger partial charge is 0.298 e. The van der Waals surface area contributed by atoms with Crippen molar-refractivity contribution in [1.82, 2.24) is 4.90 Å². The van der Waals surface area contributed by atoms with Gasteiger partial charge in [-0.3, -0.25) is 4.90 Å². The zero-order valence-electron chi connectivity index (χ0n) is 10.6. The molecule has 0 bridgehead atoms. The molecule has 0 aliphatic carbocycles. The Bertz CT molecular complexity index is 177. The van der Waals surface area contributed by atoms with E-state index in [0.717, 1.165) is 37.8 Å². The molecule has 1 aliphatic heterocycles. The highest BCUT2D eigenvalue weighted by molar-refractivity contribution is 4.76. The molecule has 1 saturated heterocycles. The summed E-state index contributed by atoms with van der Waals surface area (Å²) in [6, 6.07) is 0. The first-order valence-electron chi connectivity index (χ1n) is 6.64. The van der Waals surface area contributed by atoms with Crippen molar-refractivity contribution in [2.45, 2.75) is 52.4 Å². The monoisotopic (exact) mass is 233 g/mol. The van der Waals surface area contributed by atoms with Gasteiger partial charge in [-0.15, -0.1) is 0 Å². The fraction of sp³-hybridized carbons (Fsp3) is 1.00. The zero-order valence-corrected chi connectivity index (χ0v) is 10.6. The van der Waals surface area contributed by atoms with E-state index in [4.69, 9.17) is 0 Å². The Morgan fingerprint density at radius 2 is 1.88 bits per heavy atom. The van der Waals surface area contributed by atoms with Gasteiger partial charge in [-0.25, -0.2) is 8.78 Å². The highest BCUT2D eigenvalue weighted by Gasteiger charge is 2.24. The first-order valence-corrected chi connectivity index (χ1v) is 6.64. The number of nitrogens with zero attached hydrogens (tertiary/aromatic N) is 1. The quantitative estimate of drug-likeness (QED) is 0.674. The van der Waals surface area contributed by atoms with E-state index in [9.17, 15) is 8.78 Å². The Hall–Kier alpha value is -0.180. The van der Waals surface area contributed by atoms with Gasteiger partial charge in [0.05, 0.1) is 6.54 Å². The van der Waals surface area contributed by atoms with E-state index in [1.165, 1.54) is 19.3 Å². The van der Waals surface area contributed by atoms with Crippen molar-refractivity contribution in [2.24, 2.45) is 11.8 Å². The van der Waals surface area contributed by atoms with Crippen molar-refractivity contribution >= 4 is 0 Å². The summed E-state index contributed by atoms with van der Waals surface area (Å²) < 4.78 is 24.4. The van der Waals surface area contributed by atoms with Crippen molar-refractivity contribution in [3.05, 3.63) is 0 Å². The van der Waals surface area contributed by atoms with Crippen LogP contribution in [0.15, 0.2) is 0 Å². The highest BCUT2D eigenvalue weighted by atomic mass is 19.3. The second kappa shape index (κ2) is 7.21. The van der Waals surface area contributed by atoms with Gasteiger partial charge in [-0.1, -0.05) is 33.1 Å². The van der Waals surface area contributed by atoms with Crippen LogP contribution in [0.2, 0.25) is 0 Å². The molecule has 1 atom stereocenters. The Labute approximate surface area is 98.2 Å². The molecule has 0 spiro atoms. The summed E-state index contributed by atoms with van der Waals surface area (Å²) in [5, 5.41) is 0. The molecule has 0 aromatic rings. The predicted octanol–water partition coefficient (Wildman–Crippen LogP) is 3.79. The van der Waals surface area contributed by atoms with Gasteiger partial charge in [0.1, 0.15) is 0 Å². The Balaban J connectivity index is 2.20. The molecule has 3 heteroatoms. The fourth-order valence-corrected chi connectivity index (χ4v) is 2.66. The highest BCUT2D eigenvalue weighted by Crippen LogP contribution is 2.28. The molecule has 16 heavy (non-hydrogen) atoms. The Kier molecular flexibility index (Phi) is 6.25. The van der Waals surface area contributed by atoms with Gasteiger partial charge in [-0.05, 0) is 37.8 Å². The average molecular weight is 233 g/mol. The zero-order chi connectivity index (χ0) is 12.0. The number of alkyl halides is 2. The molecule has 1 heterocycles. The molecule has 1 nitrogen and oxygen atoms in total. The minimum atomic E-state index is -2.17. The lowest BCUT2D eigenvalue weighted by atomic mass is 9.83. The summed E-state index contributed by atoms with van der Waals surface area (Å²) in [7, 11) is 0. The molecule has 1 rings (SSSR count). The van der Waals surface area contributed by atoms with Gasteiger partial charge in [0.15, 0.2) is 0 Å².